The lowest BCUT2D eigenvalue weighted by Gasteiger charge is -2.41. The summed E-state index contributed by atoms with van der Waals surface area (Å²) >= 11 is 1.66. The average Bonchev–Trinajstić information content (AvgIpc) is 3.02. The third-order valence-corrected chi connectivity index (χ3v) is 7.04. The standard InChI is InChI=1S/C26H30N2O2S/c1-17-15-28(16-18(2)30-17)24(21-11-7-5-8-12-21)23-19(3)20(4)31-26(23)27-25(29)22-13-9-6-10-14-22/h5-14,17-18,24H,15-16H2,1-4H3,(H,27,29)/t17-,18+,24-/m1/s1. The Morgan fingerprint density at radius 1 is 1.00 bits per heavy atom. The molecular formula is C26H30N2O2S. The zero-order chi connectivity index (χ0) is 22.0. The Labute approximate surface area is 188 Å². The van der Waals surface area contributed by atoms with Crippen molar-refractivity contribution in [3.8, 4) is 0 Å². The van der Waals surface area contributed by atoms with E-state index in [9.17, 15) is 4.79 Å². The monoisotopic (exact) mass is 434 g/mol. The predicted octanol–water partition coefficient (Wildman–Crippen LogP) is 5.82. The van der Waals surface area contributed by atoms with E-state index in [2.05, 4.69) is 68.2 Å². The molecule has 0 bridgehead atoms. The van der Waals surface area contributed by atoms with E-state index in [1.54, 1.807) is 11.3 Å². The molecule has 0 aliphatic carbocycles. The van der Waals surface area contributed by atoms with Gasteiger partial charge < -0.3 is 10.1 Å². The van der Waals surface area contributed by atoms with Crippen molar-refractivity contribution in [3.63, 3.8) is 0 Å². The quantitative estimate of drug-likeness (QED) is 0.550. The van der Waals surface area contributed by atoms with Crippen LogP contribution in [-0.2, 0) is 4.74 Å². The van der Waals surface area contributed by atoms with Crippen LogP contribution < -0.4 is 5.32 Å². The number of morpholine rings is 1. The molecule has 1 amide bonds. The van der Waals surface area contributed by atoms with Gasteiger partial charge in [-0.1, -0.05) is 48.5 Å². The van der Waals surface area contributed by atoms with Crippen molar-refractivity contribution >= 4 is 22.2 Å². The fourth-order valence-corrected chi connectivity index (χ4v) is 5.54. The minimum absolute atomic E-state index is 0.0611. The summed E-state index contributed by atoms with van der Waals surface area (Å²) in [4.78, 5) is 16.7. The minimum Gasteiger partial charge on any atom is -0.373 e. The van der Waals surface area contributed by atoms with Crippen LogP contribution in [0.4, 0.5) is 5.00 Å². The van der Waals surface area contributed by atoms with E-state index in [1.807, 2.05) is 30.3 Å². The zero-order valence-corrected chi connectivity index (χ0v) is 19.4. The molecular weight excluding hydrogens is 404 g/mol. The Bertz CT molecular complexity index is 1020. The van der Waals surface area contributed by atoms with E-state index < -0.39 is 0 Å². The van der Waals surface area contributed by atoms with Crippen molar-refractivity contribution in [2.75, 3.05) is 18.4 Å². The molecule has 5 heteroatoms. The number of benzene rings is 2. The molecule has 1 aromatic heterocycles. The summed E-state index contributed by atoms with van der Waals surface area (Å²) < 4.78 is 6.02. The number of carbonyl (C=O) groups is 1. The fraction of sp³-hybridized carbons (Fsp3) is 0.346. The molecule has 2 heterocycles. The highest BCUT2D eigenvalue weighted by atomic mass is 32.1. The molecule has 3 atom stereocenters. The second kappa shape index (κ2) is 9.35. The van der Waals surface area contributed by atoms with Gasteiger partial charge >= 0.3 is 0 Å². The maximum absolute atomic E-state index is 13.0. The van der Waals surface area contributed by atoms with Gasteiger partial charge in [-0.3, -0.25) is 9.69 Å². The lowest BCUT2D eigenvalue weighted by atomic mass is 9.93. The number of thiophene rings is 1. The maximum atomic E-state index is 13.0. The number of amides is 1. The number of hydrogen-bond acceptors (Lipinski definition) is 4. The first kappa shape index (κ1) is 21.8. The van der Waals surface area contributed by atoms with Crippen molar-refractivity contribution in [2.45, 2.75) is 45.9 Å². The highest BCUT2D eigenvalue weighted by Gasteiger charge is 2.33. The molecule has 0 saturated carbocycles. The van der Waals surface area contributed by atoms with Gasteiger partial charge in [-0.15, -0.1) is 11.3 Å². The molecule has 1 aliphatic heterocycles. The number of nitrogens with one attached hydrogen (secondary N) is 1. The second-order valence-electron chi connectivity index (χ2n) is 8.37. The number of aryl methyl sites for hydroxylation is 1. The Morgan fingerprint density at radius 2 is 1.58 bits per heavy atom. The van der Waals surface area contributed by atoms with Gasteiger partial charge in [0.2, 0.25) is 0 Å². The first-order valence-corrected chi connectivity index (χ1v) is 11.7. The van der Waals surface area contributed by atoms with E-state index in [0.29, 0.717) is 5.56 Å². The Balaban J connectivity index is 1.77. The molecule has 0 radical (unpaired) electrons. The molecule has 1 aliphatic rings. The van der Waals surface area contributed by atoms with Crippen LogP contribution in [0.5, 0.6) is 0 Å². The smallest absolute Gasteiger partial charge is 0.256 e. The van der Waals surface area contributed by atoms with E-state index in [4.69, 9.17) is 4.74 Å². The van der Waals surface area contributed by atoms with Crippen LogP contribution in [0, 0.1) is 13.8 Å². The molecule has 162 valence electrons. The first-order chi connectivity index (χ1) is 14.9. The van der Waals surface area contributed by atoms with Crippen LogP contribution in [0.25, 0.3) is 0 Å². The number of hydrogen-bond donors (Lipinski definition) is 1. The third-order valence-electron chi connectivity index (χ3n) is 5.90. The summed E-state index contributed by atoms with van der Waals surface area (Å²) in [7, 11) is 0. The van der Waals surface area contributed by atoms with Crippen LogP contribution in [-0.4, -0.2) is 36.1 Å². The average molecular weight is 435 g/mol. The van der Waals surface area contributed by atoms with Gasteiger partial charge in [-0.05, 0) is 51.0 Å². The fourth-order valence-electron chi connectivity index (χ4n) is 4.46. The number of carbonyl (C=O) groups excluding carboxylic acids is 1. The van der Waals surface area contributed by atoms with Crippen LogP contribution in [0.3, 0.4) is 0 Å². The van der Waals surface area contributed by atoms with Gasteiger partial charge in [-0.25, -0.2) is 0 Å². The van der Waals surface area contributed by atoms with E-state index in [1.165, 1.54) is 21.6 Å². The lowest BCUT2D eigenvalue weighted by molar-refractivity contribution is -0.0765. The molecule has 2 aromatic carbocycles. The molecule has 4 nitrogen and oxygen atoms in total. The molecule has 31 heavy (non-hydrogen) atoms. The van der Waals surface area contributed by atoms with E-state index in [0.717, 1.165) is 18.1 Å². The van der Waals surface area contributed by atoms with Gasteiger partial charge in [0.05, 0.1) is 18.2 Å². The Kier molecular flexibility index (Phi) is 6.56. The van der Waals surface area contributed by atoms with E-state index >= 15 is 0 Å². The molecule has 0 spiro atoms. The van der Waals surface area contributed by atoms with Crippen molar-refractivity contribution in [1.82, 2.24) is 4.90 Å². The molecule has 0 unspecified atom stereocenters. The summed E-state index contributed by atoms with van der Waals surface area (Å²) in [6.07, 6.45) is 0.328. The van der Waals surface area contributed by atoms with Crippen LogP contribution in [0.1, 0.15) is 51.8 Å². The molecule has 1 saturated heterocycles. The third kappa shape index (κ3) is 4.74. The Hall–Kier alpha value is -2.47. The Morgan fingerprint density at radius 3 is 2.19 bits per heavy atom. The number of anilines is 1. The van der Waals surface area contributed by atoms with Gasteiger partial charge in [0.15, 0.2) is 0 Å². The summed E-state index contributed by atoms with van der Waals surface area (Å²) in [5.74, 6) is -0.0707. The highest BCUT2D eigenvalue weighted by Crippen LogP contribution is 2.43. The van der Waals surface area contributed by atoms with Gasteiger partial charge in [0, 0.05) is 29.1 Å². The first-order valence-electron chi connectivity index (χ1n) is 10.8. The van der Waals surface area contributed by atoms with Crippen LogP contribution in [0.2, 0.25) is 0 Å². The minimum atomic E-state index is -0.0707. The summed E-state index contributed by atoms with van der Waals surface area (Å²) in [5, 5.41) is 4.16. The maximum Gasteiger partial charge on any atom is 0.256 e. The van der Waals surface area contributed by atoms with E-state index in [-0.39, 0.29) is 24.2 Å². The topological polar surface area (TPSA) is 41.6 Å². The SMILES string of the molecule is Cc1sc(NC(=O)c2ccccc2)c([C@@H](c2ccccc2)N2C[C@@H](C)O[C@@H](C)C2)c1C. The summed E-state index contributed by atoms with van der Waals surface area (Å²) in [5.41, 5.74) is 4.34. The van der Waals surface area contributed by atoms with Gasteiger partial charge in [0.25, 0.3) is 5.91 Å². The largest absolute Gasteiger partial charge is 0.373 e. The lowest BCUT2D eigenvalue weighted by Crippen LogP contribution is -2.47. The van der Waals surface area contributed by atoms with Crippen LogP contribution >= 0.6 is 11.3 Å². The second-order valence-corrected chi connectivity index (χ2v) is 9.60. The highest BCUT2D eigenvalue weighted by molar-refractivity contribution is 7.16. The number of rotatable bonds is 5. The molecule has 3 aromatic rings. The predicted molar refractivity (Wildman–Crippen MR) is 128 cm³/mol. The van der Waals surface area contributed by atoms with Crippen molar-refractivity contribution < 1.29 is 9.53 Å². The number of ether oxygens (including phenoxy) is 1. The zero-order valence-electron chi connectivity index (χ0n) is 18.6. The molecule has 1 N–H and O–H groups in total. The summed E-state index contributed by atoms with van der Waals surface area (Å²) in [6.45, 7) is 10.3. The molecule has 4 rings (SSSR count). The van der Waals surface area contributed by atoms with Crippen LogP contribution in [0.15, 0.2) is 60.7 Å². The number of nitrogens with zero attached hydrogens (tertiary/aromatic N) is 1. The normalized spacial score (nSPS) is 20.4. The van der Waals surface area contributed by atoms with Crippen molar-refractivity contribution in [3.05, 3.63) is 87.8 Å². The van der Waals surface area contributed by atoms with Crippen molar-refractivity contribution in [1.29, 1.82) is 0 Å². The van der Waals surface area contributed by atoms with Gasteiger partial charge in [-0.2, -0.15) is 0 Å². The van der Waals surface area contributed by atoms with Gasteiger partial charge in [0.1, 0.15) is 5.00 Å². The van der Waals surface area contributed by atoms with Crippen molar-refractivity contribution in [2.24, 2.45) is 0 Å². The summed E-state index contributed by atoms with van der Waals surface area (Å²) in [6, 6.07) is 20.1. The molecule has 1 fully saturated rings.